The average molecular weight is 319 g/mol. The van der Waals surface area contributed by atoms with Gasteiger partial charge in [-0.1, -0.05) is 12.1 Å². The molecule has 0 saturated heterocycles. The number of likely N-dealkylation sites (N-methyl/N-ethyl adjacent to an activating group) is 1. The van der Waals surface area contributed by atoms with Gasteiger partial charge in [0.15, 0.2) is 0 Å². The summed E-state index contributed by atoms with van der Waals surface area (Å²) in [6, 6.07) is 8.65. The molecule has 0 bridgehead atoms. The maximum atomic E-state index is 5.32. The van der Waals surface area contributed by atoms with Gasteiger partial charge in [0.2, 0.25) is 0 Å². The lowest BCUT2D eigenvalue weighted by Gasteiger charge is -2.16. The number of nitrogens with zero attached hydrogens (tertiary/aromatic N) is 1. The molecule has 0 amide bonds. The van der Waals surface area contributed by atoms with Crippen molar-refractivity contribution in [1.82, 2.24) is 4.90 Å². The lowest BCUT2D eigenvalue weighted by Crippen LogP contribution is -2.22. The van der Waals surface area contributed by atoms with Crippen molar-refractivity contribution in [3.8, 4) is 0 Å². The molecule has 1 aromatic rings. The second kappa shape index (κ2) is 7.19. The smallest absolute Gasteiger partial charge is 0.0593 e. The molecule has 1 rings (SSSR count). The molecule has 0 radical (unpaired) electrons. The lowest BCUT2D eigenvalue weighted by atomic mass is 10.2. The topological polar surface area (TPSA) is 12.5 Å². The van der Waals surface area contributed by atoms with E-state index in [2.05, 4.69) is 58.8 Å². The predicted octanol–water partition coefficient (Wildman–Crippen LogP) is 2.76. The van der Waals surface area contributed by atoms with E-state index in [0.29, 0.717) is 0 Å². The standard InChI is InChI=1S/C12H18INO/c1-3-15-9-8-14(2)10-11-4-6-12(13)7-5-11/h4-7H,3,8-10H2,1-2H3. The molecule has 0 aliphatic heterocycles. The molecular weight excluding hydrogens is 301 g/mol. The fourth-order valence-corrected chi connectivity index (χ4v) is 1.70. The van der Waals surface area contributed by atoms with Crippen molar-refractivity contribution in [2.75, 3.05) is 26.8 Å². The summed E-state index contributed by atoms with van der Waals surface area (Å²) in [7, 11) is 2.12. The van der Waals surface area contributed by atoms with Crippen LogP contribution < -0.4 is 0 Å². The minimum Gasteiger partial charge on any atom is -0.380 e. The second-order valence-electron chi connectivity index (χ2n) is 3.56. The molecule has 0 saturated carbocycles. The monoisotopic (exact) mass is 319 g/mol. The maximum absolute atomic E-state index is 5.32. The summed E-state index contributed by atoms with van der Waals surface area (Å²) in [5, 5.41) is 0. The molecule has 0 atom stereocenters. The summed E-state index contributed by atoms with van der Waals surface area (Å²) >= 11 is 2.32. The van der Waals surface area contributed by atoms with Crippen LogP contribution in [0.5, 0.6) is 0 Å². The Morgan fingerprint density at radius 2 is 1.93 bits per heavy atom. The number of hydrogen-bond acceptors (Lipinski definition) is 2. The van der Waals surface area contributed by atoms with Crippen LogP contribution in [0.25, 0.3) is 0 Å². The van der Waals surface area contributed by atoms with Crippen LogP contribution in [-0.2, 0) is 11.3 Å². The van der Waals surface area contributed by atoms with E-state index in [1.165, 1.54) is 9.13 Å². The average Bonchev–Trinajstić information content (AvgIpc) is 2.22. The zero-order valence-corrected chi connectivity index (χ0v) is 11.5. The van der Waals surface area contributed by atoms with Gasteiger partial charge in [0.1, 0.15) is 0 Å². The van der Waals surface area contributed by atoms with Gasteiger partial charge in [0.25, 0.3) is 0 Å². The Morgan fingerprint density at radius 1 is 1.27 bits per heavy atom. The van der Waals surface area contributed by atoms with E-state index in [-0.39, 0.29) is 0 Å². The van der Waals surface area contributed by atoms with Crippen LogP contribution in [-0.4, -0.2) is 31.7 Å². The molecule has 0 heterocycles. The number of rotatable bonds is 6. The number of ether oxygens (including phenoxy) is 1. The molecule has 2 nitrogen and oxygen atoms in total. The molecule has 3 heteroatoms. The fraction of sp³-hybridized carbons (Fsp3) is 0.500. The van der Waals surface area contributed by atoms with Crippen molar-refractivity contribution < 1.29 is 4.74 Å². The number of hydrogen-bond donors (Lipinski definition) is 0. The van der Waals surface area contributed by atoms with Gasteiger partial charge in [-0.25, -0.2) is 0 Å². The van der Waals surface area contributed by atoms with E-state index in [0.717, 1.165) is 26.3 Å². The minimum atomic E-state index is 0.803. The Bertz CT molecular complexity index is 273. The van der Waals surface area contributed by atoms with Gasteiger partial charge in [-0.3, -0.25) is 4.90 Å². The maximum Gasteiger partial charge on any atom is 0.0593 e. The number of halogens is 1. The van der Waals surface area contributed by atoms with E-state index in [9.17, 15) is 0 Å². The van der Waals surface area contributed by atoms with Crippen LogP contribution in [0.2, 0.25) is 0 Å². The van der Waals surface area contributed by atoms with E-state index in [1.807, 2.05) is 6.92 Å². The van der Waals surface area contributed by atoms with Gasteiger partial charge in [-0.15, -0.1) is 0 Å². The molecule has 1 aromatic carbocycles. The van der Waals surface area contributed by atoms with Gasteiger partial charge >= 0.3 is 0 Å². The normalized spacial score (nSPS) is 10.9. The molecule has 84 valence electrons. The van der Waals surface area contributed by atoms with E-state index in [4.69, 9.17) is 4.74 Å². The van der Waals surface area contributed by atoms with E-state index in [1.54, 1.807) is 0 Å². The summed E-state index contributed by atoms with van der Waals surface area (Å²) in [6.45, 7) is 5.62. The first kappa shape index (κ1) is 12.9. The molecule has 0 aliphatic rings. The summed E-state index contributed by atoms with van der Waals surface area (Å²) in [4.78, 5) is 2.28. The largest absolute Gasteiger partial charge is 0.380 e. The Hall–Kier alpha value is -0.130. The van der Waals surface area contributed by atoms with Crippen LogP contribution >= 0.6 is 22.6 Å². The Labute approximate surface area is 106 Å². The van der Waals surface area contributed by atoms with Crippen LogP contribution in [0.3, 0.4) is 0 Å². The van der Waals surface area contributed by atoms with E-state index >= 15 is 0 Å². The van der Waals surface area contributed by atoms with Crippen molar-refractivity contribution in [1.29, 1.82) is 0 Å². The van der Waals surface area contributed by atoms with Gasteiger partial charge < -0.3 is 4.74 Å². The summed E-state index contributed by atoms with van der Waals surface area (Å²) < 4.78 is 6.60. The Balaban J connectivity index is 2.31. The van der Waals surface area contributed by atoms with Crippen molar-refractivity contribution in [3.05, 3.63) is 33.4 Å². The molecule has 0 spiro atoms. The number of benzene rings is 1. The second-order valence-corrected chi connectivity index (χ2v) is 4.81. The van der Waals surface area contributed by atoms with Crippen molar-refractivity contribution in [2.45, 2.75) is 13.5 Å². The van der Waals surface area contributed by atoms with Crippen LogP contribution in [0.15, 0.2) is 24.3 Å². The third-order valence-corrected chi connectivity index (χ3v) is 2.91. The highest BCUT2D eigenvalue weighted by Gasteiger charge is 1.99. The Kier molecular flexibility index (Phi) is 6.20. The third-order valence-electron chi connectivity index (χ3n) is 2.19. The summed E-state index contributed by atoms with van der Waals surface area (Å²) in [5.41, 5.74) is 1.36. The zero-order valence-electron chi connectivity index (χ0n) is 9.37. The predicted molar refractivity (Wildman–Crippen MR) is 72.0 cm³/mol. The highest BCUT2D eigenvalue weighted by atomic mass is 127. The highest BCUT2D eigenvalue weighted by molar-refractivity contribution is 14.1. The van der Waals surface area contributed by atoms with Crippen LogP contribution in [0.1, 0.15) is 12.5 Å². The quantitative estimate of drug-likeness (QED) is 0.590. The molecular formula is C12H18INO. The fourth-order valence-electron chi connectivity index (χ4n) is 1.35. The molecule has 0 unspecified atom stereocenters. The molecule has 0 aromatic heterocycles. The summed E-state index contributed by atoms with van der Waals surface area (Å²) in [6.07, 6.45) is 0. The van der Waals surface area contributed by atoms with Crippen LogP contribution in [0.4, 0.5) is 0 Å². The SMILES string of the molecule is CCOCCN(C)Cc1ccc(I)cc1. The van der Waals surface area contributed by atoms with Crippen molar-refractivity contribution in [3.63, 3.8) is 0 Å². The first-order valence-corrected chi connectivity index (χ1v) is 6.31. The zero-order chi connectivity index (χ0) is 11.1. The lowest BCUT2D eigenvalue weighted by molar-refractivity contribution is 0.120. The first-order chi connectivity index (χ1) is 7.22. The summed E-state index contributed by atoms with van der Waals surface area (Å²) in [5.74, 6) is 0. The van der Waals surface area contributed by atoms with Gasteiger partial charge in [-0.05, 0) is 54.3 Å². The first-order valence-electron chi connectivity index (χ1n) is 5.23. The molecule has 15 heavy (non-hydrogen) atoms. The van der Waals surface area contributed by atoms with Crippen molar-refractivity contribution >= 4 is 22.6 Å². The van der Waals surface area contributed by atoms with Gasteiger partial charge in [-0.2, -0.15) is 0 Å². The van der Waals surface area contributed by atoms with Gasteiger partial charge in [0.05, 0.1) is 6.61 Å². The molecule has 0 fully saturated rings. The highest BCUT2D eigenvalue weighted by Crippen LogP contribution is 2.08. The van der Waals surface area contributed by atoms with Gasteiger partial charge in [0, 0.05) is 23.3 Å². The molecule has 0 aliphatic carbocycles. The minimum absolute atomic E-state index is 0.803. The molecule has 0 N–H and O–H groups in total. The van der Waals surface area contributed by atoms with E-state index < -0.39 is 0 Å². The van der Waals surface area contributed by atoms with Crippen LogP contribution in [0, 0.1) is 3.57 Å². The third kappa shape index (κ3) is 5.49. The van der Waals surface area contributed by atoms with Crippen molar-refractivity contribution in [2.24, 2.45) is 0 Å². The Morgan fingerprint density at radius 3 is 2.53 bits per heavy atom.